The number of hydrogen-bond donors (Lipinski definition) is 2. The maximum Gasteiger partial charge on any atom is 0.337 e. The summed E-state index contributed by atoms with van der Waals surface area (Å²) in [5, 5.41) is 8.88. The molecule has 0 radical (unpaired) electrons. The first-order chi connectivity index (χ1) is 9.24. The summed E-state index contributed by atoms with van der Waals surface area (Å²) in [5.74, 6) is -0.548. The van der Waals surface area contributed by atoms with Gasteiger partial charge in [0.1, 0.15) is 17.6 Å². The van der Waals surface area contributed by atoms with Crippen LogP contribution in [0.25, 0.3) is 11.2 Å². The third kappa shape index (κ3) is 2.06. The minimum atomic E-state index is -1.08. The minimum absolute atomic E-state index is 0.0346. The van der Waals surface area contributed by atoms with E-state index in [1.54, 1.807) is 0 Å². The summed E-state index contributed by atoms with van der Waals surface area (Å²) in [6.45, 7) is 0. The molecule has 8 nitrogen and oxygen atoms in total. The number of aromatic amines is 1. The van der Waals surface area contributed by atoms with Gasteiger partial charge in [-0.1, -0.05) is 0 Å². The molecule has 0 saturated heterocycles. The smallest absolute Gasteiger partial charge is 0.337 e. The molecular formula is C11H7N5O3. The third-order valence-electron chi connectivity index (χ3n) is 2.36. The van der Waals surface area contributed by atoms with E-state index in [0.717, 1.165) is 0 Å². The minimum Gasteiger partial charge on any atom is -0.478 e. The van der Waals surface area contributed by atoms with Gasteiger partial charge in [0.2, 0.25) is 5.88 Å². The van der Waals surface area contributed by atoms with Crippen LogP contribution in [0.15, 0.2) is 31.1 Å². The van der Waals surface area contributed by atoms with Crippen molar-refractivity contribution >= 4 is 17.1 Å². The van der Waals surface area contributed by atoms with Crippen molar-refractivity contribution in [1.82, 2.24) is 24.9 Å². The normalized spacial score (nSPS) is 10.5. The first-order valence-corrected chi connectivity index (χ1v) is 5.24. The molecule has 3 aromatic heterocycles. The Morgan fingerprint density at radius 2 is 2.16 bits per heavy atom. The van der Waals surface area contributed by atoms with Gasteiger partial charge in [-0.2, -0.15) is 4.98 Å². The topological polar surface area (TPSA) is 114 Å². The van der Waals surface area contributed by atoms with E-state index in [0.29, 0.717) is 11.2 Å². The molecule has 3 heterocycles. The number of carboxylic acid groups (broad SMARTS) is 1. The van der Waals surface area contributed by atoms with E-state index in [2.05, 4.69) is 24.9 Å². The van der Waals surface area contributed by atoms with Crippen LogP contribution in [0, 0.1) is 0 Å². The molecule has 8 heteroatoms. The highest BCUT2D eigenvalue weighted by atomic mass is 16.5. The lowest BCUT2D eigenvalue weighted by Gasteiger charge is -2.04. The molecule has 0 fully saturated rings. The molecule has 0 aliphatic rings. The molecule has 3 rings (SSSR count). The zero-order valence-corrected chi connectivity index (χ0v) is 9.44. The molecule has 0 aliphatic heterocycles. The van der Waals surface area contributed by atoms with Gasteiger partial charge in [0.15, 0.2) is 5.65 Å². The molecule has 0 unspecified atom stereocenters. The van der Waals surface area contributed by atoms with Crippen molar-refractivity contribution in [3.05, 3.63) is 36.7 Å². The zero-order valence-electron chi connectivity index (χ0n) is 9.44. The SMILES string of the molecule is O=C(O)c1cncc(Oc2ncnc3nc[nH]c23)c1. The number of carbonyl (C=O) groups is 1. The lowest BCUT2D eigenvalue weighted by molar-refractivity contribution is 0.0696. The van der Waals surface area contributed by atoms with Gasteiger partial charge in [-0.05, 0) is 6.07 Å². The third-order valence-corrected chi connectivity index (χ3v) is 2.36. The number of nitrogens with zero attached hydrogens (tertiary/aromatic N) is 4. The number of aromatic carboxylic acids is 1. The first kappa shape index (κ1) is 11.1. The van der Waals surface area contributed by atoms with Gasteiger partial charge in [0.25, 0.3) is 0 Å². The average Bonchev–Trinajstić information content (AvgIpc) is 2.88. The Bertz CT molecular complexity index is 755. The fourth-order valence-electron chi connectivity index (χ4n) is 1.52. The van der Waals surface area contributed by atoms with E-state index in [-0.39, 0.29) is 17.2 Å². The fraction of sp³-hybridized carbons (Fsp3) is 0. The second kappa shape index (κ2) is 4.33. The number of rotatable bonds is 3. The standard InChI is InChI=1S/C11H7N5O3/c17-11(18)6-1-7(3-12-2-6)19-10-8-9(14-4-13-8)15-5-16-10/h1-5H,(H,17,18)(H,13,14,15,16). The fourth-order valence-corrected chi connectivity index (χ4v) is 1.52. The van der Waals surface area contributed by atoms with E-state index < -0.39 is 5.97 Å². The number of H-pyrrole nitrogens is 1. The molecule has 0 aliphatic carbocycles. The van der Waals surface area contributed by atoms with E-state index in [1.165, 1.54) is 31.1 Å². The van der Waals surface area contributed by atoms with Crippen LogP contribution in [0.2, 0.25) is 0 Å². The molecule has 19 heavy (non-hydrogen) atoms. The van der Waals surface area contributed by atoms with Crippen molar-refractivity contribution in [1.29, 1.82) is 0 Å². The molecule has 3 aromatic rings. The van der Waals surface area contributed by atoms with Gasteiger partial charge in [-0.25, -0.2) is 14.8 Å². The monoisotopic (exact) mass is 257 g/mol. The number of hydrogen-bond acceptors (Lipinski definition) is 6. The Kier molecular flexibility index (Phi) is 2.53. The summed E-state index contributed by atoms with van der Waals surface area (Å²) in [6.07, 6.45) is 5.42. The van der Waals surface area contributed by atoms with Crippen LogP contribution in [-0.2, 0) is 0 Å². The summed E-state index contributed by atoms with van der Waals surface area (Å²) in [6, 6.07) is 1.36. The van der Waals surface area contributed by atoms with Crippen molar-refractivity contribution in [2.75, 3.05) is 0 Å². The molecule has 0 saturated carbocycles. The Morgan fingerprint density at radius 1 is 1.26 bits per heavy atom. The molecular weight excluding hydrogens is 250 g/mol. The van der Waals surface area contributed by atoms with Gasteiger partial charge >= 0.3 is 5.97 Å². The van der Waals surface area contributed by atoms with Crippen molar-refractivity contribution in [3.8, 4) is 11.6 Å². The predicted molar refractivity (Wildman–Crippen MR) is 63.0 cm³/mol. The first-order valence-electron chi connectivity index (χ1n) is 5.24. The molecule has 0 amide bonds. The Morgan fingerprint density at radius 3 is 3.00 bits per heavy atom. The Balaban J connectivity index is 1.99. The lowest BCUT2D eigenvalue weighted by Crippen LogP contribution is -1.98. The number of imidazole rings is 1. The van der Waals surface area contributed by atoms with Crippen LogP contribution in [0.3, 0.4) is 0 Å². The number of ether oxygens (including phenoxy) is 1. The molecule has 2 N–H and O–H groups in total. The number of aromatic nitrogens is 5. The van der Waals surface area contributed by atoms with Crippen molar-refractivity contribution in [2.24, 2.45) is 0 Å². The molecule has 0 bridgehead atoms. The van der Waals surface area contributed by atoms with Gasteiger partial charge in [-0.15, -0.1) is 0 Å². The van der Waals surface area contributed by atoms with Crippen molar-refractivity contribution in [2.45, 2.75) is 0 Å². The second-order valence-corrected chi connectivity index (χ2v) is 3.60. The lowest BCUT2D eigenvalue weighted by atomic mass is 10.3. The van der Waals surface area contributed by atoms with E-state index >= 15 is 0 Å². The average molecular weight is 257 g/mol. The second-order valence-electron chi connectivity index (χ2n) is 3.60. The highest BCUT2D eigenvalue weighted by Gasteiger charge is 2.10. The summed E-state index contributed by atoms with van der Waals surface area (Å²) < 4.78 is 5.49. The molecule has 94 valence electrons. The summed E-state index contributed by atoms with van der Waals surface area (Å²) in [4.78, 5) is 29.4. The van der Waals surface area contributed by atoms with Gasteiger partial charge in [0, 0.05) is 6.20 Å². The number of carboxylic acids is 1. The quantitative estimate of drug-likeness (QED) is 0.725. The van der Waals surface area contributed by atoms with Crippen LogP contribution in [-0.4, -0.2) is 36.0 Å². The van der Waals surface area contributed by atoms with Crippen LogP contribution in [0.4, 0.5) is 0 Å². The zero-order chi connectivity index (χ0) is 13.2. The van der Waals surface area contributed by atoms with E-state index in [9.17, 15) is 4.79 Å². The van der Waals surface area contributed by atoms with Gasteiger partial charge in [-0.3, -0.25) is 4.98 Å². The predicted octanol–water partition coefficient (Wildman–Crippen LogP) is 1.24. The number of nitrogens with one attached hydrogen (secondary N) is 1. The summed E-state index contributed by atoms with van der Waals surface area (Å²) in [5.41, 5.74) is 1.03. The highest BCUT2D eigenvalue weighted by molar-refractivity contribution is 5.87. The van der Waals surface area contributed by atoms with Crippen molar-refractivity contribution < 1.29 is 14.6 Å². The van der Waals surface area contributed by atoms with Crippen LogP contribution < -0.4 is 4.74 Å². The largest absolute Gasteiger partial charge is 0.478 e. The van der Waals surface area contributed by atoms with Crippen LogP contribution >= 0.6 is 0 Å². The van der Waals surface area contributed by atoms with Crippen LogP contribution in [0.1, 0.15) is 10.4 Å². The summed E-state index contributed by atoms with van der Waals surface area (Å²) >= 11 is 0. The number of fused-ring (bicyclic) bond motifs is 1. The Hall–Kier alpha value is -3.03. The van der Waals surface area contributed by atoms with Gasteiger partial charge in [0.05, 0.1) is 18.1 Å². The van der Waals surface area contributed by atoms with Crippen LogP contribution in [0.5, 0.6) is 11.6 Å². The molecule has 0 aromatic carbocycles. The summed E-state index contributed by atoms with van der Waals surface area (Å²) in [7, 11) is 0. The maximum absolute atomic E-state index is 10.8. The Labute approximate surface area is 106 Å². The van der Waals surface area contributed by atoms with Crippen molar-refractivity contribution in [3.63, 3.8) is 0 Å². The molecule has 0 atom stereocenters. The van der Waals surface area contributed by atoms with Gasteiger partial charge < -0.3 is 14.8 Å². The van der Waals surface area contributed by atoms with E-state index in [1.807, 2.05) is 0 Å². The van der Waals surface area contributed by atoms with E-state index in [4.69, 9.17) is 9.84 Å². The molecule has 0 spiro atoms. The maximum atomic E-state index is 10.8. The number of pyridine rings is 1. The highest BCUT2D eigenvalue weighted by Crippen LogP contribution is 2.24.